The number of guanidine groups is 4. The van der Waals surface area contributed by atoms with Crippen LogP contribution in [-0.4, -0.2) is 93.9 Å². The highest BCUT2D eigenvalue weighted by Crippen LogP contribution is 1.93. The van der Waals surface area contributed by atoms with Gasteiger partial charge in [0.1, 0.15) is 0 Å². The van der Waals surface area contributed by atoms with Crippen LogP contribution in [-0.2, 0) is 0 Å². The third-order valence-electron chi connectivity index (χ3n) is 3.04. The Hall–Kier alpha value is -2.52. The van der Waals surface area contributed by atoms with Gasteiger partial charge in [-0.3, -0.25) is 30.2 Å². The van der Waals surface area contributed by atoms with Crippen molar-refractivity contribution in [1.29, 1.82) is 5.41 Å². The summed E-state index contributed by atoms with van der Waals surface area (Å²) < 4.78 is 0. The molecule has 0 aromatic carbocycles. The minimum Gasteiger partial charge on any atom is -0.370 e. The Morgan fingerprint density at radius 2 is 1.59 bits per heavy atom. The molecule has 0 fully saturated rings. The van der Waals surface area contributed by atoms with Crippen LogP contribution in [0.4, 0.5) is 0 Å². The van der Waals surface area contributed by atoms with Gasteiger partial charge in [-0.25, -0.2) is 0 Å². The van der Waals surface area contributed by atoms with Crippen LogP contribution >= 0.6 is 0 Å². The lowest BCUT2D eigenvalue weighted by molar-refractivity contribution is 0.448. The van der Waals surface area contributed by atoms with Gasteiger partial charge in [-0.2, -0.15) is 0 Å². The molecule has 0 bridgehead atoms. The molecule has 0 aliphatic rings. The normalized spacial score (nSPS) is 12.9. The number of aliphatic imine (C=N–C) groups is 3. The average Bonchev–Trinajstić information content (AvgIpc) is 2.50. The molecule has 0 spiro atoms. The van der Waals surface area contributed by atoms with E-state index in [1.807, 2.05) is 11.9 Å². The van der Waals surface area contributed by atoms with Crippen LogP contribution in [0.5, 0.6) is 0 Å². The van der Waals surface area contributed by atoms with Gasteiger partial charge in [0.15, 0.2) is 17.9 Å². The summed E-state index contributed by atoms with van der Waals surface area (Å²) in [5, 5.41) is 10.6. The van der Waals surface area contributed by atoms with Crippen molar-refractivity contribution < 1.29 is 0 Å². The van der Waals surface area contributed by atoms with Crippen molar-refractivity contribution in [3.63, 3.8) is 0 Å². The topological polar surface area (TPSA) is 135 Å². The van der Waals surface area contributed by atoms with E-state index in [9.17, 15) is 0 Å². The number of nitrogens with two attached hydrogens (primary N) is 2. The summed E-state index contributed by atoms with van der Waals surface area (Å²) >= 11 is 0. The molecule has 0 aromatic heterocycles. The van der Waals surface area contributed by atoms with Crippen molar-refractivity contribution in [2.75, 3.05) is 55.4 Å². The maximum absolute atomic E-state index is 7.45. The summed E-state index contributed by atoms with van der Waals surface area (Å²) in [4.78, 5) is 17.2. The summed E-state index contributed by atoms with van der Waals surface area (Å²) in [7, 11) is 10.3. The van der Waals surface area contributed by atoms with Crippen LogP contribution in [0.25, 0.3) is 0 Å². The van der Waals surface area contributed by atoms with Crippen LogP contribution in [0.3, 0.4) is 0 Å². The summed E-state index contributed by atoms with van der Waals surface area (Å²) in [6.45, 7) is 1.25. The van der Waals surface area contributed by atoms with E-state index in [0.717, 1.165) is 0 Å². The van der Waals surface area contributed by atoms with Crippen LogP contribution in [0.1, 0.15) is 0 Å². The molecule has 0 amide bonds. The first-order valence-electron chi connectivity index (χ1n) is 6.72. The lowest BCUT2D eigenvalue weighted by Crippen LogP contribution is -2.50. The molecule has 0 unspecified atom stereocenters. The Morgan fingerprint density at radius 3 is 2.00 bits per heavy atom. The van der Waals surface area contributed by atoms with Gasteiger partial charge in [0.25, 0.3) is 0 Å². The fourth-order valence-corrected chi connectivity index (χ4v) is 1.73. The molecule has 0 radical (unpaired) electrons. The maximum Gasteiger partial charge on any atom is 0.202 e. The Labute approximate surface area is 132 Å². The molecule has 0 heterocycles. The third kappa shape index (κ3) is 5.46. The lowest BCUT2D eigenvalue weighted by atomic mass is 10.5. The van der Waals surface area contributed by atoms with E-state index in [1.54, 1.807) is 40.1 Å². The van der Waals surface area contributed by atoms with Crippen molar-refractivity contribution in [3.8, 4) is 0 Å². The molecule has 0 rings (SSSR count). The minimum atomic E-state index is -0.0668. The number of nitrogens with one attached hydrogen (secondary N) is 2. The second-order valence-corrected chi connectivity index (χ2v) is 4.50. The molecular weight excluding hydrogens is 284 g/mol. The monoisotopic (exact) mass is 312 g/mol. The van der Waals surface area contributed by atoms with Crippen LogP contribution in [0, 0.1) is 5.41 Å². The first-order chi connectivity index (χ1) is 10.3. The predicted octanol–water partition coefficient (Wildman–Crippen LogP) is -1.82. The third-order valence-corrected chi connectivity index (χ3v) is 3.04. The van der Waals surface area contributed by atoms with Crippen molar-refractivity contribution in [2.24, 2.45) is 26.4 Å². The van der Waals surface area contributed by atoms with E-state index in [2.05, 4.69) is 20.3 Å². The molecule has 126 valence electrons. The summed E-state index contributed by atoms with van der Waals surface area (Å²) in [5.41, 5.74) is 11.2. The maximum atomic E-state index is 7.45. The molecule has 0 saturated carbocycles. The smallest absolute Gasteiger partial charge is 0.202 e. The number of hydrogen-bond donors (Lipinski definition) is 4. The van der Waals surface area contributed by atoms with Crippen LogP contribution < -0.4 is 16.8 Å². The van der Waals surface area contributed by atoms with Crippen LogP contribution in [0.15, 0.2) is 15.0 Å². The molecule has 10 heteroatoms. The molecule has 0 aromatic rings. The van der Waals surface area contributed by atoms with Gasteiger partial charge in [-0.1, -0.05) is 0 Å². The number of rotatable bonds is 3. The SMILES string of the molecule is CN=C(N)N(C)C(=NC)NCCN(C)C(=NC)N(C)C(=N)N. The molecule has 0 aliphatic carbocycles. The number of likely N-dealkylation sites (N-methyl/N-ethyl adjacent to an activating group) is 1. The van der Waals surface area contributed by atoms with Crippen molar-refractivity contribution in [1.82, 2.24) is 20.0 Å². The van der Waals surface area contributed by atoms with E-state index in [-0.39, 0.29) is 5.96 Å². The Morgan fingerprint density at radius 1 is 1.00 bits per heavy atom. The van der Waals surface area contributed by atoms with Gasteiger partial charge in [0.2, 0.25) is 5.96 Å². The van der Waals surface area contributed by atoms with Gasteiger partial charge in [0, 0.05) is 55.4 Å². The van der Waals surface area contributed by atoms with Gasteiger partial charge < -0.3 is 21.7 Å². The summed E-state index contributed by atoms with van der Waals surface area (Å²) in [6.07, 6.45) is 0. The van der Waals surface area contributed by atoms with Crippen molar-refractivity contribution >= 4 is 23.8 Å². The number of hydrogen-bond acceptors (Lipinski definition) is 4. The van der Waals surface area contributed by atoms with Gasteiger partial charge in [-0.05, 0) is 0 Å². The lowest BCUT2D eigenvalue weighted by Gasteiger charge is -2.28. The van der Waals surface area contributed by atoms with Crippen molar-refractivity contribution in [3.05, 3.63) is 0 Å². The van der Waals surface area contributed by atoms with Gasteiger partial charge in [-0.15, -0.1) is 0 Å². The fourth-order valence-electron chi connectivity index (χ4n) is 1.73. The average molecular weight is 312 g/mol. The first kappa shape index (κ1) is 19.5. The number of nitrogens with zero attached hydrogens (tertiary/aromatic N) is 6. The van der Waals surface area contributed by atoms with E-state index >= 15 is 0 Å². The molecule has 10 nitrogen and oxygen atoms in total. The van der Waals surface area contributed by atoms with Crippen LogP contribution in [0.2, 0.25) is 0 Å². The first-order valence-corrected chi connectivity index (χ1v) is 6.72. The Balaban J connectivity index is 4.59. The second-order valence-electron chi connectivity index (χ2n) is 4.50. The quantitative estimate of drug-likeness (QED) is 0.358. The molecular formula is C12H28N10. The fraction of sp³-hybridized carbons (Fsp3) is 0.667. The van der Waals surface area contributed by atoms with E-state index in [1.165, 1.54) is 4.90 Å². The highest BCUT2D eigenvalue weighted by Gasteiger charge is 2.14. The molecule has 0 aliphatic heterocycles. The summed E-state index contributed by atoms with van der Waals surface area (Å²) in [6, 6.07) is 0. The zero-order chi connectivity index (χ0) is 17.3. The molecule has 22 heavy (non-hydrogen) atoms. The molecule has 6 N–H and O–H groups in total. The van der Waals surface area contributed by atoms with E-state index in [0.29, 0.717) is 31.0 Å². The highest BCUT2D eigenvalue weighted by atomic mass is 15.4. The Bertz CT molecular complexity index is 453. The van der Waals surface area contributed by atoms with Crippen molar-refractivity contribution in [2.45, 2.75) is 0 Å². The summed E-state index contributed by atoms with van der Waals surface area (Å²) in [5.74, 6) is 1.52. The second kappa shape index (κ2) is 9.42. The minimum absolute atomic E-state index is 0.0668. The zero-order valence-corrected chi connectivity index (χ0v) is 14.3. The van der Waals surface area contributed by atoms with E-state index < -0.39 is 0 Å². The zero-order valence-electron chi connectivity index (χ0n) is 14.3. The largest absolute Gasteiger partial charge is 0.370 e. The Kier molecular flexibility index (Phi) is 8.34. The molecule has 0 saturated heterocycles. The van der Waals surface area contributed by atoms with E-state index in [4.69, 9.17) is 16.9 Å². The molecule has 0 atom stereocenters. The highest BCUT2D eigenvalue weighted by molar-refractivity contribution is 5.97. The predicted molar refractivity (Wildman–Crippen MR) is 92.3 cm³/mol. The standard InChI is InChI=1S/C12H28N10/c1-16-10(15)22(6)11(17-2)19-7-8-20(4)12(18-3)21(5)9(13)14/h7-8H2,1-6H3,(H3,13,14)(H2,15,16)(H,17,19). The van der Waals surface area contributed by atoms with Gasteiger partial charge >= 0.3 is 0 Å². The van der Waals surface area contributed by atoms with Gasteiger partial charge in [0.05, 0.1) is 0 Å².